The van der Waals surface area contributed by atoms with E-state index in [0.29, 0.717) is 0 Å². The zero-order valence-electron chi connectivity index (χ0n) is 17.0. The minimum atomic E-state index is -1.09. The molecule has 32 heavy (non-hydrogen) atoms. The Morgan fingerprint density at radius 3 is 1.22 bits per heavy atom. The predicted molar refractivity (Wildman–Crippen MR) is 99.9 cm³/mol. The quantitative estimate of drug-likeness (QED) is 0.158. The minimum absolute atomic E-state index is 0.0395. The van der Waals surface area contributed by atoms with E-state index in [4.69, 9.17) is 29.2 Å². The van der Waals surface area contributed by atoms with Gasteiger partial charge in [0.25, 0.3) is 0 Å². The number of ether oxygens (including phenoxy) is 4. The monoisotopic (exact) mass is 460 g/mol. The Kier molecular flexibility index (Phi) is 13.7. The van der Waals surface area contributed by atoms with E-state index in [-0.39, 0.29) is 64.4 Å². The van der Waals surface area contributed by atoms with Gasteiger partial charge >= 0.3 is 11.9 Å². The van der Waals surface area contributed by atoms with E-state index in [1.807, 2.05) is 0 Å². The third-order valence-electron chi connectivity index (χ3n) is 3.11. The van der Waals surface area contributed by atoms with Gasteiger partial charge in [0.2, 0.25) is 11.8 Å². The van der Waals surface area contributed by atoms with Crippen molar-refractivity contribution in [3.63, 3.8) is 0 Å². The van der Waals surface area contributed by atoms with E-state index in [0.717, 1.165) is 0 Å². The number of amides is 2. The highest BCUT2D eigenvalue weighted by Crippen LogP contribution is 1.89. The number of aromatic nitrogens is 4. The van der Waals surface area contributed by atoms with Gasteiger partial charge in [0.15, 0.2) is 11.6 Å². The summed E-state index contributed by atoms with van der Waals surface area (Å²) in [7, 11) is 0. The molecule has 0 aliphatic carbocycles. The maximum absolute atomic E-state index is 11.6. The molecule has 16 nitrogen and oxygen atoms in total. The Morgan fingerprint density at radius 2 is 0.906 bits per heavy atom. The highest BCUT2D eigenvalue weighted by atomic mass is 16.5. The van der Waals surface area contributed by atoms with E-state index in [1.165, 1.54) is 0 Å². The zero-order chi connectivity index (χ0) is 23.6. The second kappa shape index (κ2) is 16.4. The van der Waals surface area contributed by atoms with Crippen molar-refractivity contribution >= 4 is 23.8 Å². The van der Waals surface area contributed by atoms with Gasteiger partial charge in [-0.3, -0.25) is 9.59 Å². The Morgan fingerprint density at radius 1 is 0.594 bits per heavy atom. The van der Waals surface area contributed by atoms with E-state index in [9.17, 15) is 19.2 Å². The molecule has 2 amide bonds. The number of nitrogens with zero attached hydrogens (tertiary/aromatic N) is 4. The summed E-state index contributed by atoms with van der Waals surface area (Å²) in [5.74, 6) is -2.80. The van der Waals surface area contributed by atoms with Gasteiger partial charge in [-0.1, -0.05) is 0 Å². The topological polar surface area (TPSA) is 221 Å². The summed E-state index contributed by atoms with van der Waals surface area (Å²) in [5.41, 5.74) is 0. The number of aliphatic carboxylic acids is 2. The fraction of sp³-hybridized carbons (Fsp3) is 0.625. The minimum Gasteiger partial charge on any atom is -0.480 e. The van der Waals surface area contributed by atoms with Crippen LogP contribution in [0.5, 0.6) is 0 Å². The molecule has 1 aromatic heterocycles. The van der Waals surface area contributed by atoms with Crippen molar-refractivity contribution in [1.82, 2.24) is 31.0 Å². The van der Waals surface area contributed by atoms with E-state index >= 15 is 0 Å². The molecule has 0 atom stereocenters. The summed E-state index contributed by atoms with van der Waals surface area (Å²) >= 11 is 0. The van der Waals surface area contributed by atoms with Gasteiger partial charge in [0, 0.05) is 0 Å². The van der Waals surface area contributed by atoms with Crippen LogP contribution in [0, 0.1) is 0 Å². The van der Waals surface area contributed by atoms with E-state index in [2.05, 4.69) is 31.0 Å². The molecule has 0 fully saturated rings. The molecular formula is C16H24N6O10. The van der Waals surface area contributed by atoms with Crippen LogP contribution in [0.25, 0.3) is 0 Å². The molecule has 1 aromatic rings. The van der Waals surface area contributed by atoms with Crippen LogP contribution in [0.1, 0.15) is 11.6 Å². The molecule has 0 saturated carbocycles. The summed E-state index contributed by atoms with van der Waals surface area (Å²) in [6.07, 6.45) is 0. The van der Waals surface area contributed by atoms with Crippen LogP contribution >= 0.6 is 0 Å². The van der Waals surface area contributed by atoms with Crippen molar-refractivity contribution in [3.05, 3.63) is 11.6 Å². The molecule has 0 aromatic carbocycles. The second-order valence-corrected chi connectivity index (χ2v) is 5.78. The smallest absolute Gasteiger partial charge is 0.329 e. The molecule has 0 unspecified atom stereocenters. The number of carbonyl (C=O) groups excluding carboxylic acids is 2. The van der Waals surface area contributed by atoms with Crippen molar-refractivity contribution in [2.75, 3.05) is 52.9 Å². The highest BCUT2D eigenvalue weighted by Gasteiger charge is 2.07. The van der Waals surface area contributed by atoms with Gasteiger partial charge < -0.3 is 39.8 Å². The largest absolute Gasteiger partial charge is 0.480 e. The Bertz CT molecular complexity index is 672. The normalized spacial score (nSPS) is 10.5. The van der Waals surface area contributed by atoms with Crippen molar-refractivity contribution < 1.29 is 48.3 Å². The zero-order valence-corrected chi connectivity index (χ0v) is 17.0. The van der Waals surface area contributed by atoms with Gasteiger partial charge in [-0.05, 0) is 0 Å². The molecule has 0 aliphatic rings. The number of hydrogen-bond donors (Lipinski definition) is 4. The third-order valence-corrected chi connectivity index (χ3v) is 3.11. The predicted octanol–water partition coefficient (Wildman–Crippen LogP) is -3.27. The van der Waals surface area contributed by atoms with Gasteiger partial charge in [0.05, 0.1) is 39.5 Å². The number of rotatable bonds is 18. The number of hydrogen-bond acceptors (Lipinski definition) is 12. The van der Waals surface area contributed by atoms with Crippen LogP contribution < -0.4 is 10.6 Å². The molecular weight excluding hydrogens is 436 g/mol. The molecule has 0 spiro atoms. The molecule has 0 aliphatic heterocycles. The molecule has 178 valence electrons. The molecule has 1 heterocycles. The van der Waals surface area contributed by atoms with Gasteiger partial charge in [-0.15, -0.1) is 20.4 Å². The Balaban J connectivity index is 2.12. The number of nitrogens with one attached hydrogen (secondary N) is 2. The summed E-state index contributed by atoms with van der Waals surface area (Å²) in [6, 6.07) is 0. The lowest BCUT2D eigenvalue weighted by Gasteiger charge is -2.06. The van der Waals surface area contributed by atoms with E-state index < -0.39 is 37.0 Å². The van der Waals surface area contributed by atoms with Crippen LogP contribution in [0.2, 0.25) is 0 Å². The lowest BCUT2D eigenvalue weighted by Crippen LogP contribution is -2.30. The highest BCUT2D eigenvalue weighted by molar-refractivity contribution is 5.77. The van der Waals surface area contributed by atoms with Crippen LogP contribution in [0.4, 0.5) is 0 Å². The van der Waals surface area contributed by atoms with Gasteiger partial charge in [-0.25, -0.2) is 9.59 Å². The first-order valence-corrected chi connectivity index (χ1v) is 9.20. The van der Waals surface area contributed by atoms with Crippen LogP contribution in [0.3, 0.4) is 0 Å². The molecule has 0 saturated heterocycles. The SMILES string of the molecule is O=C(O)COCCOCC(=O)NCc1nnc(CNC(=O)COCCOCC(=O)O)nn1. The van der Waals surface area contributed by atoms with Gasteiger partial charge in [0.1, 0.15) is 26.4 Å². The summed E-state index contributed by atoms with van der Waals surface area (Å²) in [5, 5.41) is 36.8. The maximum atomic E-state index is 11.6. The van der Waals surface area contributed by atoms with Crippen LogP contribution in [-0.2, 0) is 51.2 Å². The number of carboxylic acids is 2. The van der Waals surface area contributed by atoms with Gasteiger partial charge in [-0.2, -0.15) is 0 Å². The summed E-state index contributed by atoms with van der Waals surface area (Å²) in [4.78, 5) is 43.7. The van der Waals surface area contributed by atoms with E-state index in [1.54, 1.807) is 0 Å². The molecule has 4 N–H and O–H groups in total. The van der Waals surface area contributed by atoms with Crippen molar-refractivity contribution in [2.24, 2.45) is 0 Å². The average Bonchev–Trinajstić information content (AvgIpc) is 2.76. The average molecular weight is 460 g/mol. The first-order chi connectivity index (χ1) is 15.4. The first-order valence-electron chi connectivity index (χ1n) is 9.20. The first kappa shape index (κ1) is 26.7. The van der Waals surface area contributed by atoms with Crippen molar-refractivity contribution in [3.8, 4) is 0 Å². The maximum Gasteiger partial charge on any atom is 0.329 e. The molecule has 16 heteroatoms. The second-order valence-electron chi connectivity index (χ2n) is 5.78. The number of carbonyl (C=O) groups is 4. The van der Waals surface area contributed by atoms with Crippen LogP contribution in [0.15, 0.2) is 0 Å². The summed E-state index contributed by atoms with van der Waals surface area (Å²) in [6.45, 7) is -1.26. The Hall–Kier alpha value is -3.34. The van der Waals surface area contributed by atoms with Crippen molar-refractivity contribution in [2.45, 2.75) is 13.1 Å². The molecule has 1 rings (SSSR count). The lowest BCUT2D eigenvalue weighted by atomic mass is 10.5. The van der Waals surface area contributed by atoms with Crippen LogP contribution in [-0.4, -0.2) is 107 Å². The fourth-order valence-corrected chi connectivity index (χ4v) is 1.75. The van der Waals surface area contributed by atoms with Crippen molar-refractivity contribution in [1.29, 1.82) is 0 Å². The fourth-order valence-electron chi connectivity index (χ4n) is 1.75. The summed E-state index contributed by atoms with van der Waals surface area (Å²) < 4.78 is 19.5. The standard InChI is InChI=1S/C16H24N6O10/c23-13(7-29-1-3-31-9-15(25)26)17-5-11-19-21-12(22-20-11)6-18-14(24)8-30-2-4-32-10-16(27)28/h1-10H2,(H,17,23)(H,18,24)(H,25,26)(H,27,28). The molecule has 0 bridgehead atoms. The molecule has 0 radical (unpaired) electrons. The number of carboxylic acid groups (broad SMARTS) is 2. The Labute approximate surface area is 181 Å². The third kappa shape index (κ3) is 14.6. The lowest BCUT2D eigenvalue weighted by molar-refractivity contribution is -0.143.